The van der Waals surface area contributed by atoms with Gasteiger partial charge in [0.15, 0.2) is 0 Å². The molecule has 1 saturated heterocycles. The molecule has 2 heterocycles. The highest BCUT2D eigenvalue weighted by molar-refractivity contribution is 6.30. The molecule has 1 fully saturated rings. The van der Waals surface area contributed by atoms with Crippen LogP contribution in [0, 0.1) is 10.1 Å². The van der Waals surface area contributed by atoms with E-state index in [0.717, 1.165) is 31.6 Å². The normalized spacial score (nSPS) is 14.1. The lowest BCUT2D eigenvalue weighted by atomic mass is 10.1. The number of nitro benzene ring substituents is 1. The number of non-ortho nitro benzene ring substituents is 1. The molecule has 0 saturated carbocycles. The number of carbonyl (C=O) groups is 1. The Morgan fingerprint density at radius 2 is 1.91 bits per heavy atom. The number of carbonyl (C=O) groups excluding carboxylic acids is 1. The maximum Gasteiger partial charge on any atom is 0.270 e. The molecule has 1 aliphatic rings. The maximum absolute atomic E-state index is 13.3. The highest BCUT2D eigenvalue weighted by Crippen LogP contribution is 2.19. The van der Waals surface area contributed by atoms with E-state index in [1.54, 1.807) is 35.2 Å². The van der Waals surface area contributed by atoms with E-state index in [-0.39, 0.29) is 17.2 Å². The van der Waals surface area contributed by atoms with Crippen molar-refractivity contribution < 1.29 is 19.0 Å². The van der Waals surface area contributed by atoms with E-state index in [1.165, 1.54) is 18.2 Å². The summed E-state index contributed by atoms with van der Waals surface area (Å²) in [5, 5.41) is 15.8. The largest absolute Gasteiger partial charge is 0.379 e. The molecule has 35 heavy (non-hydrogen) atoms. The molecule has 184 valence electrons. The monoisotopic (exact) mass is 499 g/mol. The van der Waals surface area contributed by atoms with Gasteiger partial charge in [-0.05, 0) is 36.8 Å². The molecule has 0 spiro atoms. The van der Waals surface area contributed by atoms with Crippen LogP contribution in [-0.4, -0.2) is 76.7 Å². The molecule has 10 nitrogen and oxygen atoms in total. The third-order valence-electron chi connectivity index (χ3n) is 5.76. The van der Waals surface area contributed by atoms with Gasteiger partial charge in [-0.25, -0.2) is 0 Å². The van der Waals surface area contributed by atoms with Crippen LogP contribution in [0.25, 0.3) is 11.4 Å². The van der Waals surface area contributed by atoms with Gasteiger partial charge in [-0.15, -0.1) is 0 Å². The summed E-state index contributed by atoms with van der Waals surface area (Å²) in [5.74, 6) is 0.577. The number of hydrogen-bond donors (Lipinski definition) is 0. The van der Waals surface area contributed by atoms with Crippen LogP contribution < -0.4 is 0 Å². The zero-order valence-corrected chi connectivity index (χ0v) is 19.9. The van der Waals surface area contributed by atoms with Gasteiger partial charge < -0.3 is 14.2 Å². The number of nitro groups is 1. The van der Waals surface area contributed by atoms with Crippen LogP contribution in [0.3, 0.4) is 0 Å². The Bertz CT molecular complexity index is 1150. The highest BCUT2D eigenvalue weighted by atomic mass is 35.5. The molecular formula is C24H26ClN5O5. The van der Waals surface area contributed by atoms with Gasteiger partial charge in [-0.3, -0.25) is 19.8 Å². The summed E-state index contributed by atoms with van der Waals surface area (Å²) >= 11 is 5.94. The Balaban J connectivity index is 1.43. The summed E-state index contributed by atoms with van der Waals surface area (Å²) in [7, 11) is 0. The average Bonchev–Trinajstić information content (AvgIpc) is 3.36. The van der Waals surface area contributed by atoms with Crippen LogP contribution in [0.2, 0.25) is 5.02 Å². The van der Waals surface area contributed by atoms with E-state index in [0.29, 0.717) is 49.5 Å². The molecule has 0 aliphatic carbocycles. The number of ether oxygens (including phenoxy) is 1. The summed E-state index contributed by atoms with van der Waals surface area (Å²) in [6, 6.07) is 12.9. The molecule has 1 aliphatic heterocycles. The Morgan fingerprint density at radius 3 is 2.66 bits per heavy atom. The fourth-order valence-corrected chi connectivity index (χ4v) is 3.99. The third-order valence-corrected chi connectivity index (χ3v) is 6.02. The van der Waals surface area contributed by atoms with Crippen molar-refractivity contribution in [2.24, 2.45) is 0 Å². The number of rotatable bonds is 10. The lowest BCUT2D eigenvalue weighted by Gasteiger charge is -2.28. The number of nitrogens with zero attached hydrogens (tertiary/aromatic N) is 5. The molecule has 0 bridgehead atoms. The number of morpholine rings is 1. The van der Waals surface area contributed by atoms with E-state index in [2.05, 4.69) is 15.0 Å². The minimum atomic E-state index is -0.504. The van der Waals surface area contributed by atoms with Crippen molar-refractivity contribution in [3.63, 3.8) is 0 Å². The first-order valence-corrected chi connectivity index (χ1v) is 11.8. The van der Waals surface area contributed by atoms with E-state index < -0.39 is 4.92 Å². The van der Waals surface area contributed by atoms with Crippen LogP contribution in [0.4, 0.5) is 5.69 Å². The molecule has 1 aromatic heterocycles. The minimum absolute atomic E-state index is 0.117. The topological polar surface area (TPSA) is 115 Å². The smallest absolute Gasteiger partial charge is 0.270 e. The summed E-state index contributed by atoms with van der Waals surface area (Å²) in [4.78, 5) is 32.4. The number of aromatic nitrogens is 2. The molecule has 0 unspecified atom stereocenters. The summed E-state index contributed by atoms with van der Waals surface area (Å²) in [5.41, 5.74) is 0.936. The number of amides is 1. The lowest BCUT2D eigenvalue weighted by molar-refractivity contribution is -0.384. The van der Waals surface area contributed by atoms with Crippen molar-refractivity contribution in [2.45, 2.75) is 12.8 Å². The number of hydrogen-bond acceptors (Lipinski definition) is 8. The van der Waals surface area contributed by atoms with Crippen molar-refractivity contribution in [2.75, 3.05) is 45.9 Å². The van der Waals surface area contributed by atoms with E-state index in [9.17, 15) is 14.9 Å². The van der Waals surface area contributed by atoms with Crippen molar-refractivity contribution in [3.05, 3.63) is 75.1 Å². The van der Waals surface area contributed by atoms with Crippen LogP contribution in [0.5, 0.6) is 0 Å². The summed E-state index contributed by atoms with van der Waals surface area (Å²) in [6.45, 7) is 4.84. The summed E-state index contributed by atoms with van der Waals surface area (Å²) < 4.78 is 10.8. The van der Waals surface area contributed by atoms with Gasteiger partial charge in [-0.1, -0.05) is 22.8 Å². The van der Waals surface area contributed by atoms with E-state index >= 15 is 0 Å². The Kier molecular flexibility index (Phi) is 8.40. The fraction of sp³-hybridized carbons (Fsp3) is 0.375. The minimum Gasteiger partial charge on any atom is -0.379 e. The van der Waals surface area contributed by atoms with Gasteiger partial charge in [0.2, 0.25) is 11.7 Å². The first-order chi connectivity index (χ1) is 17.0. The van der Waals surface area contributed by atoms with Gasteiger partial charge in [0.25, 0.3) is 11.6 Å². The van der Waals surface area contributed by atoms with E-state index in [4.69, 9.17) is 20.9 Å². The van der Waals surface area contributed by atoms with Crippen molar-refractivity contribution >= 4 is 23.2 Å². The highest BCUT2D eigenvalue weighted by Gasteiger charge is 2.20. The summed E-state index contributed by atoms with van der Waals surface area (Å²) in [6.07, 6.45) is 1.12. The standard InChI is InChI=1S/C24H26ClN5O5/c25-20-7-5-18(6-8-20)23-26-22(35-27-23)9-12-29(11-2-10-28-13-15-34-16-14-28)24(31)19-3-1-4-21(17-19)30(32)33/h1,3-8,17H,2,9-16H2. The first-order valence-electron chi connectivity index (χ1n) is 11.4. The second-order valence-corrected chi connectivity index (χ2v) is 8.61. The second kappa shape index (κ2) is 11.9. The number of benzene rings is 2. The first kappa shape index (κ1) is 24.8. The molecular weight excluding hydrogens is 474 g/mol. The van der Waals surface area contributed by atoms with Gasteiger partial charge in [0.05, 0.1) is 18.1 Å². The Hall–Kier alpha value is -3.34. The second-order valence-electron chi connectivity index (χ2n) is 8.18. The molecule has 0 atom stereocenters. The number of halogens is 1. The van der Waals surface area contributed by atoms with Crippen molar-refractivity contribution in [3.8, 4) is 11.4 Å². The van der Waals surface area contributed by atoms with Gasteiger partial charge >= 0.3 is 0 Å². The van der Waals surface area contributed by atoms with Gasteiger partial charge in [0.1, 0.15) is 0 Å². The maximum atomic E-state index is 13.3. The molecule has 3 aromatic rings. The van der Waals surface area contributed by atoms with Crippen LogP contribution >= 0.6 is 11.6 Å². The van der Waals surface area contributed by atoms with Crippen molar-refractivity contribution in [1.29, 1.82) is 0 Å². The fourth-order valence-electron chi connectivity index (χ4n) is 3.86. The Labute approximate surface area is 207 Å². The predicted octanol–water partition coefficient (Wildman–Crippen LogP) is 3.71. The molecule has 4 rings (SSSR count). The van der Waals surface area contributed by atoms with E-state index in [1.807, 2.05) is 0 Å². The van der Waals surface area contributed by atoms with Crippen LogP contribution in [0.1, 0.15) is 22.7 Å². The molecule has 11 heteroatoms. The van der Waals surface area contributed by atoms with Crippen LogP contribution in [0.15, 0.2) is 53.1 Å². The zero-order valence-electron chi connectivity index (χ0n) is 19.1. The van der Waals surface area contributed by atoms with Gasteiger partial charge in [-0.2, -0.15) is 4.98 Å². The molecule has 0 N–H and O–H groups in total. The quantitative estimate of drug-likeness (QED) is 0.306. The SMILES string of the molecule is O=C(c1cccc([N+](=O)[O-])c1)N(CCCN1CCOCC1)CCc1nc(-c2ccc(Cl)cc2)no1. The molecule has 2 aromatic carbocycles. The average molecular weight is 500 g/mol. The van der Waals surface area contributed by atoms with Crippen LogP contribution in [-0.2, 0) is 11.2 Å². The third kappa shape index (κ3) is 6.84. The zero-order chi connectivity index (χ0) is 24.6. The lowest BCUT2D eigenvalue weighted by Crippen LogP contribution is -2.39. The van der Waals surface area contributed by atoms with Gasteiger partial charge in [0, 0.05) is 67.4 Å². The molecule has 1 amide bonds. The molecule has 0 radical (unpaired) electrons. The predicted molar refractivity (Wildman–Crippen MR) is 129 cm³/mol. The van der Waals surface area contributed by atoms with Crippen molar-refractivity contribution in [1.82, 2.24) is 19.9 Å². The Morgan fingerprint density at radius 1 is 1.14 bits per heavy atom.